The van der Waals surface area contributed by atoms with Crippen molar-refractivity contribution in [1.82, 2.24) is 0 Å². The summed E-state index contributed by atoms with van der Waals surface area (Å²) >= 11 is 0. The summed E-state index contributed by atoms with van der Waals surface area (Å²) in [5.41, 5.74) is 0. The molecule has 0 heterocycles. The van der Waals surface area contributed by atoms with Crippen LogP contribution < -0.4 is 0 Å². The molecule has 0 aliphatic heterocycles. The van der Waals surface area contributed by atoms with Gasteiger partial charge in [0.25, 0.3) is 0 Å². The molecule has 0 amide bonds. The predicted molar refractivity (Wildman–Crippen MR) is 61.3 cm³/mol. The lowest BCUT2D eigenvalue weighted by molar-refractivity contribution is 0.127. The van der Waals surface area contributed by atoms with E-state index in [0.29, 0.717) is 5.92 Å². The maximum absolute atomic E-state index is 9.75. The van der Waals surface area contributed by atoms with Crippen molar-refractivity contribution in [2.24, 2.45) is 11.8 Å². The third-order valence-corrected chi connectivity index (χ3v) is 3.38. The summed E-state index contributed by atoms with van der Waals surface area (Å²) in [7, 11) is 0. The van der Waals surface area contributed by atoms with Gasteiger partial charge in [0.2, 0.25) is 0 Å². The molecular weight excluding hydrogens is 172 g/mol. The summed E-state index contributed by atoms with van der Waals surface area (Å²) in [5.74, 6) is 1.56. The molecule has 1 nitrogen and oxygen atoms in total. The summed E-state index contributed by atoms with van der Waals surface area (Å²) < 4.78 is 0. The monoisotopic (exact) mass is 198 g/mol. The zero-order chi connectivity index (χ0) is 10.4. The molecule has 1 aliphatic carbocycles. The minimum absolute atomic E-state index is 0.0445. The molecule has 84 valence electrons. The van der Waals surface area contributed by atoms with Crippen molar-refractivity contribution in [3.05, 3.63) is 0 Å². The molecule has 0 saturated heterocycles. The Morgan fingerprint density at radius 3 is 2.36 bits per heavy atom. The summed E-state index contributed by atoms with van der Waals surface area (Å²) in [6.07, 6.45) is 10.3. The second-order valence-electron chi connectivity index (χ2n) is 5.36. The van der Waals surface area contributed by atoms with Crippen LogP contribution in [-0.2, 0) is 0 Å². The van der Waals surface area contributed by atoms with E-state index in [4.69, 9.17) is 0 Å². The largest absolute Gasteiger partial charge is 0.393 e. The van der Waals surface area contributed by atoms with Crippen molar-refractivity contribution >= 4 is 0 Å². The van der Waals surface area contributed by atoms with E-state index in [9.17, 15) is 5.11 Å². The van der Waals surface area contributed by atoms with Gasteiger partial charge in [0.1, 0.15) is 0 Å². The van der Waals surface area contributed by atoms with E-state index >= 15 is 0 Å². The van der Waals surface area contributed by atoms with Gasteiger partial charge in [-0.25, -0.2) is 0 Å². The molecule has 1 aliphatic rings. The summed E-state index contributed by atoms with van der Waals surface area (Å²) in [4.78, 5) is 0. The van der Waals surface area contributed by atoms with Gasteiger partial charge in [-0.05, 0) is 31.1 Å². The minimum atomic E-state index is -0.0445. The van der Waals surface area contributed by atoms with Gasteiger partial charge in [0.05, 0.1) is 6.10 Å². The van der Waals surface area contributed by atoms with E-state index < -0.39 is 0 Å². The molecule has 0 radical (unpaired) electrons. The molecule has 1 fully saturated rings. The smallest absolute Gasteiger partial charge is 0.0542 e. The summed E-state index contributed by atoms with van der Waals surface area (Å²) in [6, 6.07) is 0. The molecule has 1 atom stereocenters. The van der Waals surface area contributed by atoms with E-state index in [1.54, 1.807) is 0 Å². The Morgan fingerprint density at radius 2 is 1.79 bits per heavy atom. The van der Waals surface area contributed by atoms with Gasteiger partial charge in [-0.1, -0.05) is 46.0 Å². The van der Waals surface area contributed by atoms with Crippen molar-refractivity contribution in [1.29, 1.82) is 0 Å². The fraction of sp³-hybridized carbons (Fsp3) is 1.00. The maximum atomic E-state index is 9.75. The third-order valence-electron chi connectivity index (χ3n) is 3.38. The number of aliphatic hydroxyl groups is 1. The first-order valence-corrected chi connectivity index (χ1v) is 6.36. The first-order valence-electron chi connectivity index (χ1n) is 6.36. The number of rotatable bonds is 5. The first-order chi connectivity index (χ1) is 6.68. The van der Waals surface area contributed by atoms with Gasteiger partial charge < -0.3 is 5.11 Å². The lowest BCUT2D eigenvalue weighted by atomic mass is 9.85. The van der Waals surface area contributed by atoms with Gasteiger partial charge in [-0.15, -0.1) is 0 Å². The highest BCUT2D eigenvalue weighted by molar-refractivity contribution is 4.68. The Kier molecular flexibility index (Phi) is 5.54. The zero-order valence-corrected chi connectivity index (χ0v) is 9.84. The molecule has 1 unspecified atom stereocenters. The zero-order valence-electron chi connectivity index (χ0n) is 9.84. The quantitative estimate of drug-likeness (QED) is 0.713. The van der Waals surface area contributed by atoms with E-state index in [1.807, 2.05) is 0 Å². The van der Waals surface area contributed by atoms with Crippen LogP contribution in [0.15, 0.2) is 0 Å². The molecule has 0 bridgehead atoms. The van der Waals surface area contributed by atoms with Gasteiger partial charge in [0.15, 0.2) is 0 Å². The Morgan fingerprint density at radius 1 is 1.14 bits per heavy atom. The van der Waals surface area contributed by atoms with Gasteiger partial charge in [0, 0.05) is 0 Å². The van der Waals surface area contributed by atoms with Crippen LogP contribution >= 0.6 is 0 Å². The second kappa shape index (κ2) is 6.44. The summed E-state index contributed by atoms with van der Waals surface area (Å²) in [6.45, 7) is 4.37. The van der Waals surface area contributed by atoms with Crippen molar-refractivity contribution in [3.8, 4) is 0 Å². The van der Waals surface area contributed by atoms with Crippen LogP contribution in [0.25, 0.3) is 0 Å². The van der Waals surface area contributed by atoms with Crippen LogP contribution in [0.3, 0.4) is 0 Å². The lowest BCUT2D eigenvalue weighted by Crippen LogP contribution is -2.14. The van der Waals surface area contributed by atoms with Gasteiger partial charge >= 0.3 is 0 Å². The van der Waals surface area contributed by atoms with Crippen LogP contribution in [0, 0.1) is 11.8 Å². The molecule has 1 heteroatoms. The van der Waals surface area contributed by atoms with Crippen LogP contribution in [0.2, 0.25) is 0 Å². The number of hydrogen-bond donors (Lipinski definition) is 1. The summed E-state index contributed by atoms with van der Waals surface area (Å²) in [5, 5.41) is 9.75. The van der Waals surface area contributed by atoms with E-state index in [0.717, 1.165) is 18.8 Å². The third kappa shape index (κ3) is 4.99. The maximum Gasteiger partial charge on any atom is 0.0542 e. The second-order valence-corrected chi connectivity index (χ2v) is 5.36. The standard InChI is InChI=1S/C13H26O/c1-11(2)10-13(14)9-8-12-6-4-3-5-7-12/h11-14H,3-10H2,1-2H3. The van der Waals surface area contributed by atoms with Crippen molar-refractivity contribution < 1.29 is 5.11 Å². The van der Waals surface area contributed by atoms with Crippen molar-refractivity contribution in [2.45, 2.75) is 71.3 Å². The topological polar surface area (TPSA) is 20.2 Å². The number of hydrogen-bond acceptors (Lipinski definition) is 1. The van der Waals surface area contributed by atoms with E-state index in [1.165, 1.54) is 38.5 Å². The molecule has 1 saturated carbocycles. The Balaban J connectivity index is 2.06. The highest BCUT2D eigenvalue weighted by Crippen LogP contribution is 2.28. The molecule has 0 aromatic heterocycles. The number of aliphatic hydroxyl groups excluding tert-OH is 1. The highest BCUT2D eigenvalue weighted by atomic mass is 16.3. The average molecular weight is 198 g/mol. The molecular formula is C13H26O. The van der Waals surface area contributed by atoms with Crippen LogP contribution in [-0.4, -0.2) is 11.2 Å². The van der Waals surface area contributed by atoms with Crippen molar-refractivity contribution in [2.75, 3.05) is 0 Å². The highest BCUT2D eigenvalue weighted by Gasteiger charge is 2.15. The molecule has 0 spiro atoms. The minimum Gasteiger partial charge on any atom is -0.393 e. The van der Waals surface area contributed by atoms with Gasteiger partial charge in [-0.2, -0.15) is 0 Å². The van der Waals surface area contributed by atoms with Crippen LogP contribution in [0.4, 0.5) is 0 Å². The molecule has 14 heavy (non-hydrogen) atoms. The Hall–Kier alpha value is -0.0400. The van der Waals surface area contributed by atoms with E-state index in [2.05, 4.69) is 13.8 Å². The fourth-order valence-electron chi connectivity index (χ4n) is 2.57. The normalized spacial score (nSPS) is 21.4. The van der Waals surface area contributed by atoms with Crippen LogP contribution in [0.5, 0.6) is 0 Å². The van der Waals surface area contributed by atoms with Crippen LogP contribution in [0.1, 0.15) is 65.2 Å². The van der Waals surface area contributed by atoms with Crippen molar-refractivity contribution in [3.63, 3.8) is 0 Å². The SMILES string of the molecule is CC(C)CC(O)CCC1CCCCC1. The van der Waals surface area contributed by atoms with E-state index in [-0.39, 0.29) is 6.10 Å². The fourth-order valence-corrected chi connectivity index (χ4v) is 2.57. The van der Waals surface area contributed by atoms with Gasteiger partial charge in [-0.3, -0.25) is 0 Å². The molecule has 1 N–H and O–H groups in total. The lowest BCUT2D eigenvalue weighted by Gasteiger charge is -2.23. The first kappa shape index (κ1) is 12.0. The predicted octanol–water partition coefficient (Wildman–Crippen LogP) is 3.75. The Labute approximate surface area is 88.9 Å². The average Bonchev–Trinajstić information content (AvgIpc) is 2.15. The molecule has 0 aromatic rings. The molecule has 1 rings (SSSR count). The Bertz CT molecular complexity index is 136. The molecule has 0 aromatic carbocycles.